The van der Waals surface area contributed by atoms with Gasteiger partial charge in [0.1, 0.15) is 11.1 Å². The molecule has 0 aromatic carbocycles. The first-order valence-corrected chi connectivity index (χ1v) is 10.0. The monoisotopic (exact) mass is 366 g/mol. The quantitative estimate of drug-likeness (QED) is 0.320. The van der Waals surface area contributed by atoms with Gasteiger partial charge in [0.25, 0.3) is 0 Å². The minimum Gasteiger partial charge on any atom is -0.462 e. The van der Waals surface area contributed by atoms with Gasteiger partial charge in [-0.1, -0.05) is 13.8 Å². The third-order valence-corrected chi connectivity index (χ3v) is 5.11. The van der Waals surface area contributed by atoms with Crippen molar-refractivity contribution in [3.8, 4) is 0 Å². The number of rotatable bonds is 8. The number of carbonyl (C=O) groups is 1. The van der Waals surface area contributed by atoms with Crippen LogP contribution in [-0.4, -0.2) is 36.6 Å². The highest BCUT2D eigenvalue weighted by molar-refractivity contribution is 7.09. The summed E-state index contributed by atoms with van der Waals surface area (Å²) in [4.78, 5) is 20.6. The van der Waals surface area contributed by atoms with Gasteiger partial charge in [0.05, 0.1) is 12.2 Å². The molecule has 1 aromatic heterocycles. The Morgan fingerprint density at radius 3 is 2.80 bits per heavy atom. The number of nitrogens with zero attached hydrogens (tertiary/aromatic N) is 2. The summed E-state index contributed by atoms with van der Waals surface area (Å²) in [5.74, 6) is 1.09. The number of ether oxygens (including phenoxy) is 1. The van der Waals surface area contributed by atoms with Crippen molar-refractivity contribution in [3.05, 3.63) is 16.1 Å². The van der Waals surface area contributed by atoms with Crippen LogP contribution in [0.5, 0.6) is 0 Å². The van der Waals surface area contributed by atoms with Gasteiger partial charge in [-0.25, -0.2) is 4.98 Å². The van der Waals surface area contributed by atoms with E-state index in [2.05, 4.69) is 39.8 Å². The van der Waals surface area contributed by atoms with Crippen molar-refractivity contribution < 1.29 is 9.53 Å². The molecule has 25 heavy (non-hydrogen) atoms. The third-order valence-electron chi connectivity index (χ3n) is 4.24. The molecule has 0 bridgehead atoms. The second-order valence-electron chi connectivity index (χ2n) is 6.67. The molecule has 1 aliphatic rings. The fourth-order valence-electron chi connectivity index (χ4n) is 2.74. The molecule has 2 N–H and O–H groups in total. The number of aliphatic imine (C=N–C) groups is 1. The topological polar surface area (TPSA) is 75.6 Å². The lowest BCUT2D eigenvalue weighted by Gasteiger charge is -2.12. The molecule has 7 heteroatoms. The number of hydrogen-bond acceptors (Lipinski definition) is 5. The van der Waals surface area contributed by atoms with Crippen LogP contribution in [0.4, 0.5) is 0 Å². The fraction of sp³-hybridized carbons (Fsp3) is 0.722. The van der Waals surface area contributed by atoms with Crippen LogP contribution in [0.2, 0.25) is 0 Å². The number of thiazole rings is 1. The second-order valence-corrected chi connectivity index (χ2v) is 7.62. The molecule has 1 aromatic rings. The molecule has 0 aliphatic heterocycles. The number of hydrogen-bond donors (Lipinski definition) is 2. The summed E-state index contributed by atoms with van der Waals surface area (Å²) in [6, 6.07) is 0. The lowest BCUT2D eigenvalue weighted by molar-refractivity contribution is -0.148. The van der Waals surface area contributed by atoms with Crippen LogP contribution in [0, 0.1) is 0 Å². The average Bonchev–Trinajstić information content (AvgIpc) is 3.26. The zero-order valence-electron chi connectivity index (χ0n) is 15.5. The van der Waals surface area contributed by atoms with E-state index in [0.29, 0.717) is 25.4 Å². The van der Waals surface area contributed by atoms with E-state index in [4.69, 9.17) is 4.74 Å². The Labute approximate surface area is 154 Å². The Bertz CT molecular complexity index is 565. The summed E-state index contributed by atoms with van der Waals surface area (Å²) in [6.45, 7) is 5.63. The van der Waals surface area contributed by atoms with E-state index < -0.39 is 0 Å². The zero-order chi connectivity index (χ0) is 18.1. The molecule has 0 spiro atoms. The minimum absolute atomic E-state index is 0.0827. The summed E-state index contributed by atoms with van der Waals surface area (Å²) in [6.07, 6.45) is 5.75. The lowest BCUT2D eigenvalue weighted by Crippen LogP contribution is -2.37. The van der Waals surface area contributed by atoms with E-state index in [1.807, 2.05) is 0 Å². The SMILES string of the molecule is CN=C(NCCCC(=O)OC1CCCC1)NCc1nc(C(C)C)cs1. The molecule has 0 saturated heterocycles. The van der Waals surface area contributed by atoms with E-state index in [9.17, 15) is 4.79 Å². The van der Waals surface area contributed by atoms with Crippen LogP contribution in [-0.2, 0) is 16.1 Å². The van der Waals surface area contributed by atoms with Crippen LogP contribution in [0.3, 0.4) is 0 Å². The van der Waals surface area contributed by atoms with Gasteiger partial charge >= 0.3 is 5.97 Å². The van der Waals surface area contributed by atoms with Gasteiger partial charge < -0.3 is 15.4 Å². The van der Waals surface area contributed by atoms with Crippen molar-refractivity contribution in [3.63, 3.8) is 0 Å². The molecule has 1 fully saturated rings. The maximum absolute atomic E-state index is 11.8. The highest BCUT2D eigenvalue weighted by atomic mass is 32.1. The summed E-state index contributed by atoms with van der Waals surface area (Å²) in [5, 5.41) is 9.63. The zero-order valence-corrected chi connectivity index (χ0v) is 16.3. The molecule has 2 rings (SSSR count). The predicted octanol–water partition coefficient (Wildman–Crippen LogP) is 3.20. The van der Waals surface area contributed by atoms with Crippen molar-refractivity contribution in [1.82, 2.24) is 15.6 Å². The van der Waals surface area contributed by atoms with Gasteiger partial charge in [-0.15, -0.1) is 11.3 Å². The molecule has 0 atom stereocenters. The lowest BCUT2D eigenvalue weighted by atomic mass is 10.2. The third kappa shape index (κ3) is 7.02. The Morgan fingerprint density at radius 2 is 2.16 bits per heavy atom. The van der Waals surface area contributed by atoms with Gasteiger partial charge in [0.15, 0.2) is 5.96 Å². The number of esters is 1. The molecule has 1 saturated carbocycles. The average molecular weight is 367 g/mol. The number of aromatic nitrogens is 1. The van der Waals surface area contributed by atoms with Crippen molar-refractivity contribution in [2.45, 2.75) is 70.9 Å². The maximum Gasteiger partial charge on any atom is 0.306 e. The summed E-state index contributed by atoms with van der Waals surface area (Å²) in [5.41, 5.74) is 1.13. The first-order chi connectivity index (χ1) is 12.1. The minimum atomic E-state index is -0.0827. The molecular weight excluding hydrogens is 336 g/mol. The van der Waals surface area contributed by atoms with Gasteiger partial charge in [0, 0.05) is 25.4 Å². The summed E-state index contributed by atoms with van der Waals surface area (Å²) in [7, 11) is 1.74. The van der Waals surface area contributed by atoms with Crippen molar-refractivity contribution in [1.29, 1.82) is 0 Å². The molecule has 0 unspecified atom stereocenters. The molecule has 6 nitrogen and oxygen atoms in total. The van der Waals surface area contributed by atoms with Gasteiger partial charge in [-0.05, 0) is 38.0 Å². The maximum atomic E-state index is 11.8. The fourth-order valence-corrected chi connectivity index (χ4v) is 3.64. The van der Waals surface area contributed by atoms with Crippen LogP contribution in [0.1, 0.15) is 69.0 Å². The van der Waals surface area contributed by atoms with E-state index in [-0.39, 0.29) is 12.1 Å². The Kier molecular flexibility index (Phi) is 8.18. The number of carbonyl (C=O) groups excluding carboxylic acids is 1. The van der Waals surface area contributed by atoms with Crippen molar-refractivity contribution >= 4 is 23.3 Å². The van der Waals surface area contributed by atoms with Gasteiger partial charge in [-0.3, -0.25) is 9.79 Å². The predicted molar refractivity (Wildman–Crippen MR) is 102 cm³/mol. The van der Waals surface area contributed by atoms with Crippen LogP contribution >= 0.6 is 11.3 Å². The largest absolute Gasteiger partial charge is 0.462 e. The van der Waals surface area contributed by atoms with Gasteiger partial charge in [0.2, 0.25) is 0 Å². The van der Waals surface area contributed by atoms with Crippen molar-refractivity contribution in [2.75, 3.05) is 13.6 Å². The second kappa shape index (κ2) is 10.4. The summed E-state index contributed by atoms with van der Waals surface area (Å²) < 4.78 is 5.45. The van der Waals surface area contributed by atoms with Crippen LogP contribution < -0.4 is 10.6 Å². The van der Waals surface area contributed by atoms with Crippen molar-refractivity contribution in [2.24, 2.45) is 4.99 Å². The first-order valence-electron chi connectivity index (χ1n) is 9.16. The molecule has 140 valence electrons. The Balaban J connectivity index is 1.60. The van der Waals surface area contributed by atoms with E-state index in [1.54, 1.807) is 18.4 Å². The Hall–Kier alpha value is -1.63. The van der Waals surface area contributed by atoms with E-state index in [0.717, 1.165) is 35.9 Å². The molecule has 0 amide bonds. The smallest absolute Gasteiger partial charge is 0.306 e. The first kappa shape index (κ1) is 19.7. The van der Waals surface area contributed by atoms with Crippen LogP contribution in [0.15, 0.2) is 10.4 Å². The summed E-state index contributed by atoms with van der Waals surface area (Å²) >= 11 is 1.66. The van der Waals surface area contributed by atoms with E-state index in [1.165, 1.54) is 12.8 Å². The Morgan fingerprint density at radius 1 is 1.40 bits per heavy atom. The standard InChI is InChI=1S/C18H30N4O2S/c1-13(2)15-12-25-16(22-15)11-21-18(19-3)20-10-6-9-17(23)24-14-7-4-5-8-14/h12-14H,4-11H2,1-3H3,(H2,19,20,21). The molecule has 1 aliphatic carbocycles. The molecular formula is C18H30N4O2S. The molecule has 0 radical (unpaired) electrons. The number of guanidine groups is 1. The van der Waals surface area contributed by atoms with Gasteiger partial charge in [-0.2, -0.15) is 0 Å². The number of nitrogens with one attached hydrogen (secondary N) is 2. The van der Waals surface area contributed by atoms with Crippen LogP contribution in [0.25, 0.3) is 0 Å². The van der Waals surface area contributed by atoms with E-state index >= 15 is 0 Å². The highest BCUT2D eigenvalue weighted by Gasteiger charge is 2.18. The normalized spacial score (nSPS) is 15.6. The highest BCUT2D eigenvalue weighted by Crippen LogP contribution is 2.21. The molecule has 1 heterocycles.